The second kappa shape index (κ2) is 12.1. The largest absolute Gasteiger partial charge is 0.478 e. The third-order valence-electron chi connectivity index (χ3n) is 5.69. The highest BCUT2D eigenvalue weighted by Crippen LogP contribution is 2.30. The van der Waals surface area contributed by atoms with E-state index in [4.69, 9.17) is 11.5 Å². The first kappa shape index (κ1) is 26.0. The molecule has 10 heteroatoms. The average Bonchev–Trinajstić information content (AvgIpc) is 2.74. The van der Waals surface area contributed by atoms with Crippen molar-refractivity contribution in [3.63, 3.8) is 0 Å². The fourth-order valence-electron chi connectivity index (χ4n) is 4.14. The van der Waals surface area contributed by atoms with Crippen molar-refractivity contribution in [1.29, 1.82) is 0 Å². The van der Waals surface area contributed by atoms with Gasteiger partial charge in [-0.2, -0.15) is 0 Å². The van der Waals surface area contributed by atoms with Crippen molar-refractivity contribution in [1.82, 2.24) is 10.2 Å². The normalized spacial score (nSPS) is 16.1. The third-order valence-corrected chi connectivity index (χ3v) is 6.36. The molecule has 176 valence electrons. The lowest BCUT2D eigenvalue weighted by Crippen LogP contribution is -2.67. The van der Waals surface area contributed by atoms with Crippen LogP contribution in [0, 0.1) is 9.49 Å². The van der Waals surface area contributed by atoms with E-state index in [9.17, 15) is 19.5 Å². The molecule has 0 bridgehead atoms. The van der Waals surface area contributed by atoms with E-state index in [0.717, 1.165) is 33.3 Å². The zero-order valence-electron chi connectivity index (χ0n) is 18.3. The van der Waals surface area contributed by atoms with Gasteiger partial charge >= 0.3 is 5.97 Å². The summed E-state index contributed by atoms with van der Waals surface area (Å²) in [6, 6.07) is 7.58. The number of amides is 2. The molecule has 0 heterocycles. The molecule has 0 spiro atoms. The van der Waals surface area contributed by atoms with E-state index in [1.807, 2.05) is 24.3 Å². The van der Waals surface area contributed by atoms with Crippen LogP contribution in [0.3, 0.4) is 0 Å². The fourth-order valence-corrected chi connectivity index (χ4v) is 4.75. The lowest BCUT2D eigenvalue weighted by molar-refractivity contribution is -0.171. The summed E-state index contributed by atoms with van der Waals surface area (Å²) in [7, 11) is 0. The Balaban J connectivity index is 2.40. The number of hydrogen-bond donors (Lipinski definition) is 4. The van der Waals surface area contributed by atoms with Crippen molar-refractivity contribution in [2.24, 2.45) is 22.4 Å². The minimum Gasteiger partial charge on any atom is -0.478 e. The van der Waals surface area contributed by atoms with Crippen molar-refractivity contribution in [2.45, 2.75) is 64.1 Å². The smallest absolute Gasteiger partial charge is 0.345 e. The van der Waals surface area contributed by atoms with Gasteiger partial charge in [-0.15, -0.1) is 0 Å². The monoisotopic (exact) mass is 557 g/mol. The summed E-state index contributed by atoms with van der Waals surface area (Å²) in [6.07, 6.45) is 4.38. The van der Waals surface area contributed by atoms with Crippen LogP contribution in [-0.2, 0) is 20.9 Å². The maximum atomic E-state index is 13.4. The Hall–Kier alpha value is -2.21. The van der Waals surface area contributed by atoms with Crippen LogP contribution in [0.2, 0.25) is 0 Å². The molecule has 1 fully saturated rings. The number of nitrogens with zero attached hydrogens (tertiary/aromatic N) is 2. The van der Waals surface area contributed by atoms with Crippen molar-refractivity contribution >= 4 is 46.3 Å². The first-order chi connectivity index (χ1) is 15.2. The molecule has 2 rings (SSSR count). The van der Waals surface area contributed by atoms with Gasteiger partial charge in [-0.3, -0.25) is 24.8 Å². The van der Waals surface area contributed by atoms with E-state index >= 15 is 0 Å². The summed E-state index contributed by atoms with van der Waals surface area (Å²) in [6.45, 7) is 1.60. The van der Waals surface area contributed by atoms with E-state index in [0.29, 0.717) is 12.8 Å². The van der Waals surface area contributed by atoms with Gasteiger partial charge in [-0.25, -0.2) is 4.79 Å². The number of guanidine groups is 1. The summed E-state index contributed by atoms with van der Waals surface area (Å²) in [5.74, 6) is -2.77. The molecule has 32 heavy (non-hydrogen) atoms. The standard InChI is InChI=1S/C22H32IN5O4/c1-15(29)28(19(30)17-8-3-2-4-9-17)22(20(31)32,11-6-12-26-21(24)25)27-14-16-7-5-10-18(23)13-16/h5,7,10,13,17,27H,2-4,6,8-9,11-12,14H2,1H3,(H,31,32)(H4,24,25,26)/t22-/m0/s1. The number of imide groups is 1. The molecule has 1 saturated carbocycles. The SMILES string of the molecule is CC(=O)N(C(=O)C1CCCCC1)[C@](CCCN=C(N)N)(NCc1cccc(I)c1)C(=O)O. The molecule has 1 aromatic carbocycles. The number of carboxylic acids is 1. The molecule has 0 saturated heterocycles. The molecule has 1 atom stereocenters. The Morgan fingerprint density at radius 1 is 1.25 bits per heavy atom. The maximum absolute atomic E-state index is 13.4. The summed E-state index contributed by atoms with van der Waals surface area (Å²) in [5.41, 5.74) is 9.71. The number of hydrogen-bond acceptors (Lipinski definition) is 5. The highest BCUT2D eigenvalue weighted by Gasteiger charge is 2.49. The lowest BCUT2D eigenvalue weighted by Gasteiger charge is -2.41. The van der Waals surface area contributed by atoms with Crippen LogP contribution in [-0.4, -0.2) is 46.0 Å². The predicted octanol–water partition coefficient (Wildman–Crippen LogP) is 2.17. The molecule has 0 unspecified atom stereocenters. The van der Waals surface area contributed by atoms with E-state index in [-0.39, 0.29) is 37.8 Å². The molecule has 1 aliphatic rings. The fraction of sp³-hybridized carbons (Fsp3) is 0.545. The number of carbonyl (C=O) groups excluding carboxylic acids is 2. The molecular weight excluding hydrogens is 525 g/mol. The quantitative estimate of drug-likeness (QED) is 0.113. The van der Waals surface area contributed by atoms with Crippen LogP contribution in [0.1, 0.15) is 57.4 Å². The Morgan fingerprint density at radius 2 is 1.94 bits per heavy atom. The number of aliphatic carboxylic acids is 1. The van der Waals surface area contributed by atoms with Gasteiger partial charge in [0.25, 0.3) is 0 Å². The van der Waals surface area contributed by atoms with E-state index in [1.165, 1.54) is 6.92 Å². The molecule has 6 N–H and O–H groups in total. The average molecular weight is 557 g/mol. The van der Waals surface area contributed by atoms with Gasteiger partial charge in [-0.05, 0) is 66.0 Å². The number of nitrogens with two attached hydrogens (primary N) is 2. The molecule has 0 aromatic heterocycles. The topological polar surface area (TPSA) is 151 Å². The highest BCUT2D eigenvalue weighted by atomic mass is 127. The van der Waals surface area contributed by atoms with Crippen LogP contribution in [0.5, 0.6) is 0 Å². The van der Waals surface area contributed by atoms with Gasteiger partial charge in [0.05, 0.1) is 0 Å². The minimum atomic E-state index is -1.90. The van der Waals surface area contributed by atoms with Crippen LogP contribution < -0.4 is 16.8 Å². The number of rotatable bonds is 10. The summed E-state index contributed by atoms with van der Waals surface area (Å²) < 4.78 is 0.997. The Bertz CT molecular complexity index is 852. The van der Waals surface area contributed by atoms with Gasteiger partial charge in [0.1, 0.15) is 0 Å². The second-order valence-corrected chi connectivity index (χ2v) is 9.33. The van der Waals surface area contributed by atoms with Crippen molar-refractivity contribution in [3.05, 3.63) is 33.4 Å². The summed E-state index contributed by atoms with van der Waals surface area (Å²) >= 11 is 2.18. The van der Waals surface area contributed by atoms with E-state index in [1.54, 1.807) is 0 Å². The van der Waals surface area contributed by atoms with Gasteiger partial charge in [0, 0.05) is 29.5 Å². The van der Waals surface area contributed by atoms with Crippen LogP contribution >= 0.6 is 22.6 Å². The highest BCUT2D eigenvalue weighted by molar-refractivity contribution is 14.1. The molecule has 1 aliphatic carbocycles. The van der Waals surface area contributed by atoms with Crippen LogP contribution in [0.25, 0.3) is 0 Å². The van der Waals surface area contributed by atoms with Crippen LogP contribution in [0.15, 0.2) is 29.3 Å². The maximum Gasteiger partial charge on any atom is 0.345 e. The molecule has 0 radical (unpaired) electrons. The minimum absolute atomic E-state index is 0.0267. The number of carbonyl (C=O) groups is 3. The zero-order chi connectivity index (χ0) is 23.7. The van der Waals surface area contributed by atoms with Gasteiger partial charge in [0.15, 0.2) is 11.6 Å². The molecule has 0 aliphatic heterocycles. The third kappa shape index (κ3) is 6.89. The number of carboxylic acid groups (broad SMARTS) is 1. The summed E-state index contributed by atoms with van der Waals surface area (Å²) in [4.78, 5) is 43.7. The number of benzene rings is 1. The van der Waals surface area contributed by atoms with Crippen molar-refractivity contribution < 1.29 is 19.5 Å². The Kier molecular flexibility index (Phi) is 9.88. The Morgan fingerprint density at radius 3 is 2.50 bits per heavy atom. The molecule has 2 amide bonds. The van der Waals surface area contributed by atoms with Gasteiger partial charge in [0.2, 0.25) is 11.8 Å². The van der Waals surface area contributed by atoms with Crippen molar-refractivity contribution in [2.75, 3.05) is 6.54 Å². The number of halogens is 1. The molecule has 9 nitrogen and oxygen atoms in total. The van der Waals surface area contributed by atoms with Gasteiger partial charge in [-0.1, -0.05) is 31.4 Å². The first-order valence-electron chi connectivity index (χ1n) is 10.8. The van der Waals surface area contributed by atoms with E-state index < -0.39 is 23.4 Å². The predicted molar refractivity (Wildman–Crippen MR) is 130 cm³/mol. The Labute approximate surface area is 202 Å². The van der Waals surface area contributed by atoms with Gasteiger partial charge < -0.3 is 16.6 Å². The van der Waals surface area contributed by atoms with E-state index in [2.05, 4.69) is 32.9 Å². The zero-order valence-corrected chi connectivity index (χ0v) is 20.5. The lowest BCUT2D eigenvalue weighted by atomic mass is 9.87. The summed E-state index contributed by atoms with van der Waals surface area (Å²) in [5, 5.41) is 13.4. The first-order valence-corrected chi connectivity index (χ1v) is 11.9. The molecular formula is C22H32IN5O4. The molecule has 1 aromatic rings. The van der Waals surface area contributed by atoms with Crippen LogP contribution in [0.4, 0.5) is 0 Å². The van der Waals surface area contributed by atoms with Crippen molar-refractivity contribution in [3.8, 4) is 0 Å². The number of nitrogens with one attached hydrogen (secondary N) is 1. The number of aliphatic imine (C=N–C) groups is 1. The second-order valence-electron chi connectivity index (χ2n) is 8.09.